The lowest BCUT2D eigenvalue weighted by molar-refractivity contribution is -0.128. The largest absolute Gasteiger partial charge is 0.444 e. The van der Waals surface area contributed by atoms with Crippen LogP contribution in [-0.2, 0) is 21.4 Å². The third-order valence-electron chi connectivity index (χ3n) is 8.74. The molecule has 3 aromatic rings. The van der Waals surface area contributed by atoms with Crippen LogP contribution in [0.1, 0.15) is 96.4 Å². The topological polar surface area (TPSA) is 116 Å². The Bertz CT molecular complexity index is 1460. The molecule has 1 spiro atoms. The number of Topliss-reactive ketones (excluding diaryl/α,β-unsaturated/α-hetero) is 1. The van der Waals surface area contributed by atoms with E-state index in [1.54, 1.807) is 0 Å². The van der Waals surface area contributed by atoms with E-state index in [0.29, 0.717) is 30.1 Å². The number of ether oxygens (including phenoxy) is 1. The standard InChI is InChI=1S/C29H38N6O4S/c1-17(20-11-9-15-34(20)27(37)38-28(2,3)4)35-25-19(16-30-35)26(40-5)32-24(31-25)22-18-10-8-14-29(23(18)39-33-22)13-7-6-12-21(29)36/h16-17,20H,6-15H2,1-5H3/t17-,20-,29+/m0/s1. The number of ketones is 1. The maximum atomic E-state index is 13.1. The summed E-state index contributed by atoms with van der Waals surface area (Å²) in [5.74, 6) is 1.50. The molecule has 6 rings (SSSR count). The van der Waals surface area contributed by atoms with Gasteiger partial charge in [0, 0.05) is 18.5 Å². The van der Waals surface area contributed by atoms with Crippen LogP contribution in [0.3, 0.4) is 0 Å². The van der Waals surface area contributed by atoms with Gasteiger partial charge in [-0.1, -0.05) is 11.6 Å². The van der Waals surface area contributed by atoms with E-state index >= 15 is 0 Å². The molecular formula is C29H38N6O4S. The van der Waals surface area contributed by atoms with E-state index in [9.17, 15) is 9.59 Å². The summed E-state index contributed by atoms with van der Waals surface area (Å²) in [6.07, 6.45) is 11.2. The first-order valence-electron chi connectivity index (χ1n) is 14.4. The minimum absolute atomic E-state index is 0.0638. The number of likely N-dealkylation sites (tertiary alicyclic amines) is 1. The summed E-state index contributed by atoms with van der Waals surface area (Å²) in [5, 5.41) is 10.9. The molecule has 1 amide bonds. The van der Waals surface area contributed by atoms with Crippen molar-refractivity contribution in [3.63, 3.8) is 0 Å². The quantitative estimate of drug-likeness (QED) is 0.282. The second kappa shape index (κ2) is 10.2. The van der Waals surface area contributed by atoms with Crippen molar-refractivity contribution in [1.82, 2.24) is 29.8 Å². The molecule has 1 saturated heterocycles. The van der Waals surface area contributed by atoms with Crippen LogP contribution < -0.4 is 0 Å². The van der Waals surface area contributed by atoms with E-state index < -0.39 is 11.0 Å². The minimum atomic E-state index is -0.557. The number of hydrogen-bond donors (Lipinski definition) is 0. The highest BCUT2D eigenvalue weighted by atomic mass is 32.2. The number of aromatic nitrogens is 5. The molecule has 40 heavy (non-hydrogen) atoms. The van der Waals surface area contributed by atoms with Crippen LogP contribution in [0.25, 0.3) is 22.6 Å². The Balaban J connectivity index is 1.39. The van der Waals surface area contributed by atoms with E-state index in [1.165, 1.54) is 11.8 Å². The number of nitrogens with zero attached hydrogens (tertiary/aromatic N) is 6. The van der Waals surface area contributed by atoms with Crippen LogP contribution >= 0.6 is 11.8 Å². The van der Waals surface area contributed by atoms with Gasteiger partial charge in [0.25, 0.3) is 0 Å². The number of thioether (sulfide) groups is 1. The van der Waals surface area contributed by atoms with Gasteiger partial charge in [-0.15, -0.1) is 11.8 Å². The smallest absolute Gasteiger partial charge is 0.410 e. The Morgan fingerprint density at radius 1 is 1.18 bits per heavy atom. The van der Waals surface area contributed by atoms with Crippen LogP contribution in [0.5, 0.6) is 0 Å². The van der Waals surface area contributed by atoms with Gasteiger partial charge in [-0.05, 0) is 78.9 Å². The monoisotopic (exact) mass is 566 g/mol. The number of amides is 1. The molecule has 2 fully saturated rings. The van der Waals surface area contributed by atoms with E-state index in [-0.39, 0.29) is 24.0 Å². The third-order valence-corrected chi connectivity index (χ3v) is 9.44. The fraction of sp³-hybridized carbons (Fsp3) is 0.655. The van der Waals surface area contributed by atoms with Crippen molar-refractivity contribution in [1.29, 1.82) is 0 Å². The Hall–Kier alpha value is -2.95. The van der Waals surface area contributed by atoms with Crippen molar-refractivity contribution >= 4 is 34.7 Å². The van der Waals surface area contributed by atoms with Crippen molar-refractivity contribution in [2.45, 2.75) is 114 Å². The van der Waals surface area contributed by atoms with Gasteiger partial charge in [0.05, 0.1) is 29.1 Å². The Morgan fingerprint density at radius 2 is 1.98 bits per heavy atom. The van der Waals surface area contributed by atoms with E-state index in [1.807, 2.05) is 42.8 Å². The van der Waals surface area contributed by atoms with Crippen molar-refractivity contribution in [2.24, 2.45) is 0 Å². The van der Waals surface area contributed by atoms with Crippen molar-refractivity contribution in [3.05, 3.63) is 17.5 Å². The van der Waals surface area contributed by atoms with Crippen LogP contribution in [0.15, 0.2) is 15.7 Å². The summed E-state index contributed by atoms with van der Waals surface area (Å²) in [6.45, 7) is 8.40. The lowest BCUT2D eigenvalue weighted by Gasteiger charge is -2.36. The number of hydrogen-bond acceptors (Lipinski definition) is 9. The summed E-state index contributed by atoms with van der Waals surface area (Å²) in [6, 6.07) is -0.189. The van der Waals surface area contributed by atoms with Crippen LogP contribution in [0.2, 0.25) is 0 Å². The zero-order valence-electron chi connectivity index (χ0n) is 24.0. The van der Waals surface area contributed by atoms with Crippen LogP contribution in [0, 0.1) is 0 Å². The lowest BCUT2D eigenvalue weighted by Crippen LogP contribution is -2.43. The van der Waals surface area contributed by atoms with Gasteiger partial charge in [0.1, 0.15) is 16.4 Å². The summed E-state index contributed by atoms with van der Waals surface area (Å²) < 4.78 is 13.6. The summed E-state index contributed by atoms with van der Waals surface area (Å²) in [4.78, 5) is 37.9. The van der Waals surface area contributed by atoms with Gasteiger partial charge in [0.15, 0.2) is 22.9 Å². The minimum Gasteiger partial charge on any atom is -0.444 e. The summed E-state index contributed by atoms with van der Waals surface area (Å²) in [5.41, 5.74) is 1.20. The number of carbonyl (C=O) groups is 2. The maximum Gasteiger partial charge on any atom is 0.410 e. The summed E-state index contributed by atoms with van der Waals surface area (Å²) >= 11 is 1.54. The van der Waals surface area contributed by atoms with Gasteiger partial charge >= 0.3 is 6.09 Å². The van der Waals surface area contributed by atoms with Gasteiger partial charge in [-0.25, -0.2) is 19.4 Å². The van der Waals surface area contributed by atoms with Gasteiger partial charge in [0.2, 0.25) is 0 Å². The molecule has 1 aliphatic heterocycles. The van der Waals surface area contributed by atoms with E-state index in [2.05, 4.69) is 12.1 Å². The Labute approximate surface area is 238 Å². The number of carbonyl (C=O) groups excluding carboxylic acids is 2. The highest BCUT2D eigenvalue weighted by molar-refractivity contribution is 7.98. The molecule has 4 heterocycles. The molecule has 214 valence electrons. The normalized spacial score (nSPS) is 24.1. The molecule has 2 aliphatic carbocycles. The summed E-state index contributed by atoms with van der Waals surface area (Å²) in [7, 11) is 0. The second-order valence-electron chi connectivity index (χ2n) is 12.4. The average molecular weight is 567 g/mol. The third kappa shape index (κ3) is 4.50. The molecular weight excluding hydrogens is 528 g/mol. The van der Waals surface area contributed by atoms with Crippen molar-refractivity contribution in [2.75, 3.05) is 12.8 Å². The molecule has 0 aromatic carbocycles. The second-order valence-corrected chi connectivity index (χ2v) is 13.2. The zero-order valence-corrected chi connectivity index (χ0v) is 24.8. The molecule has 0 unspecified atom stereocenters. The van der Waals surface area contributed by atoms with E-state index in [0.717, 1.165) is 73.1 Å². The lowest BCUT2D eigenvalue weighted by atomic mass is 9.64. The predicted molar refractivity (Wildman–Crippen MR) is 151 cm³/mol. The molecule has 0 bridgehead atoms. The molecule has 0 N–H and O–H groups in total. The van der Waals surface area contributed by atoms with Gasteiger partial charge < -0.3 is 14.2 Å². The molecule has 3 atom stereocenters. The first-order valence-corrected chi connectivity index (χ1v) is 15.7. The average Bonchev–Trinajstić information content (AvgIpc) is 3.67. The van der Waals surface area contributed by atoms with Crippen LogP contribution in [-0.4, -0.2) is 66.1 Å². The molecule has 1 saturated carbocycles. The number of rotatable bonds is 4. The fourth-order valence-corrected chi connectivity index (χ4v) is 7.37. The SMILES string of the molecule is CSc1nc(-c2noc3c2CCC[C@@]32CCCCC2=O)nc2c1cnn2[C@@H](C)[C@@H]1CCCN1C(=O)OC(C)(C)C. The number of fused-ring (bicyclic) bond motifs is 3. The zero-order chi connectivity index (χ0) is 28.2. The van der Waals surface area contributed by atoms with Gasteiger partial charge in [-0.2, -0.15) is 5.10 Å². The predicted octanol–water partition coefficient (Wildman–Crippen LogP) is 5.88. The van der Waals surface area contributed by atoms with Crippen molar-refractivity contribution < 1.29 is 18.8 Å². The van der Waals surface area contributed by atoms with Crippen LogP contribution in [0.4, 0.5) is 4.79 Å². The maximum absolute atomic E-state index is 13.1. The van der Waals surface area contributed by atoms with E-state index in [4.69, 9.17) is 24.3 Å². The Morgan fingerprint density at radius 3 is 2.73 bits per heavy atom. The molecule has 10 nitrogen and oxygen atoms in total. The molecule has 3 aliphatic rings. The highest BCUT2D eigenvalue weighted by Crippen LogP contribution is 2.47. The Kier molecular flexibility index (Phi) is 6.91. The molecule has 11 heteroatoms. The fourth-order valence-electron chi connectivity index (χ4n) is 6.83. The van der Waals surface area contributed by atoms with Crippen molar-refractivity contribution in [3.8, 4) is 11.5 Å². The molecule has 0 radical (unpaired) electrons. The highest BCUT2D eigenvalue weighted by Gasteiger charge is 2.48. The van der Waals surface area contributed by atoms with Gasteiger partial charge in [-0.3, -0.25) is 4.79 Å². The first-order chi connectivity index (χ1) is 19.1. The molecule has 3 aromatic heterocycles. The first kappa shape index (κ1) is 27.2.